The Morgan fingerprint density at radius 2 is 2.00 bits per heavy atom. The van der Waals surface area contributed by atoms with E-state index in [4.69, 9.17) is 9.47 Å². The van der Waals surface area contributed by atoms with Gasteiger partial charge in [0.25, 0.3) is 0 Å². The number of carbonyl (C=O) groups is 2. The van der Waals surface area contributed by atoms with Crippen molar-refractivity contribution in [3.05, 3.63) is 35.5 Å². The molecule has 2 aromatic rings. The monoisotopic (exact) mass is 357 g/mol. The molecule has 6 heteroatoms. The first-order chi connectivity index (χ1) is 12.6. The van der Waals surface area contributed by atoms with Gasteiger partial charge in [0.1, 0.15) is 11.2 Å². The standard InChI is InChI=1S/C20H23NO5/c1-2-26-18(22)17-12-15-11-14(13-5-9-25-10-6-13)3-4-16(15)21(17)20(7-8-20)19(23)24/h3-4,11-13H,2,5-10H2,1H3,(H,23,24). The average Bonchev–Trinajstić information content (AvgIpc) is 3.37. The Morgan fingerprint density at radius 3 is 2.62 bits per heavy atom. The summed E-state index contributed by atoms with van der Waals surface area (Å²) in [6.45, 7) is 3.53. The molecule has 1 saturated heterocycles. The van der Waals surface area contributed by atoms with Gasteiger partial charge >= 0.3 is 11.9 Å². The Kier molecular flexibility index (Phi) is 4.23. The molecular weight excluding hydrogens is 334 g/mol. The van der Waals surface area contributed by atoms with E-state index in [9.17, 15) is 14.7 Å². The molecule has 1 aromatic heterocycles. The topological polar surface area (TPSA) is 77.8 Å². The minimum Gasteiger partial charge on any atom is -0.479 e. The number of carboxylic acids is 1. The van der Waals surface area contributed by atoms with Crippen LogP contribution in [0.1, 0.15) is 54.6 Å². The highest BCUT2D eigenvalue weighted by Crippen LogP contribution is 2.47. The summed E-state index contributed by atoms with van der Waals surface area (Å²) >= 11 is 0. The fourth-order valence-electron chi connectivity index (χ4n) is 3.99. The second-order valence-corrected chi connectivity index (χ2v) is 7.13. The van der Waals surface area contributed by atoms with E-state index in [0.29, 0.717) is 24.5 Å². The molecule has 26 heavy (non-hydrogen) atoms. The number of carbonyl (C=O) groups excluding carboxylic acids is 1. The van der Waals surface area contributed by atoms with Crippen LogP contribution in [0.25, 0.3) is 10.9 Å². The molecule has 0 bridgehead atoms. The number of aromatic nitrogens is 1. The van der Waals surface area contributed by atoms with Gasteiger partial charge in [0.05, 0.1) is 6.61 Å². The van der Waals surface area contributed by atoms with Gasteiger partial charge in [0.2, 0.25) is 0 Å². The van der Waals surface area contributed by atoms with Crippen molar-refractivity contribution in [1.29, 1.82) is 0 Å². The maximum absolute atomic E-state index is 12.5. The van der Waals surface area contributed by atoms with Crippen LogP contribution < -0.4 is 0 Å². The lowest BCUT2D eigenvalue weighted by Crippen LogP contribution is -2.30. The lowest BCUT2D eigenvalue weighted by Gasteiger charge is -2.22. The molecule has 1 aromatic carbocycles. The predicted molar refractivity (Wildman–Crippen MR) is 95.5 cm³/mol. The van der Waals surface area contributed by atoms with Gasteiger partial charge in [0, 0.05) is 24.1 Å². The summed E-state index contributed by atoms with van der Waals surface area (Å²) in [7, 11) is 0. The van der Waals surface area contributed by atoms with Crippen LogP contribution in [0, 0.1) is 0 Å². The first-order valence-corrected chi connectivity index (χ1v) is 9.21. The first-order valence-electron chi connectivity index (χ1n) is 9.21. The smallest absolute Gasteiger partial charge is 0.355 e. The Balaban J connectivity index is 1.83. The SMILES string of the molecule is CCOC(=O)c1cc2cc(C3CCOCC3)ccc2n1C1(C(=O)O)CC1. The third-order valence-electron chi connectivity index (χ3n) is 5.55. The second kappa shape index (κ2) is 6.43. The van der Waals surface area contributed by atoms with E-state index in [1.807, 2.05) is 6.07 Å². The van der Waals surface area contributed by atoms with Crippen molar-refractivity contribution in [3.8, 4) is 0 Å². The summed E-state index contributed by atoms with van der Waals surface area (Å²) in [6.07, 6.45) is 3.02. The van der Waals surface area contributed by atoms with Gasteiger partial charge in [-0.15, -0.1) is 0 Å². The van der Waals surface area contributed by atoms with Crippen molar-refractivity contribution >= 4 is 22.8 Å². The summed E-state index contributed by atoms with van der Waals surface area (Å²) in [4.78, 5) is 24.4. The van der Waals surface area contributed by atoms with Crippen LogP contribution in [0.3, 0.4) is 0 Å². The van der Waals surface area contributed by atoms with Crippen molar-refractivity contribution in [2.75, 3.05) is 19.8 Å². The second-order valence-electron chi connectivity index (χ2n) is 7.13. The predicted octanol–water partition coefficient (Wildman–Crippen LogP) is 3.29. The molecule has 0 radical (unpaired) electrons. The molecule has 2 aliphatic rings. The molecule has 6 nitrogen and oxygen atoms in total. The molecule has 0 amide bonds. The van der Waals surface area contributed by atoms with Crippen LogP contribution in [0.5, 0.6) is 0 Å². The zero-order valence-corrected chi connectivity index (χ0v) is 14.9. The number of esters is 1. The van der Waals surface area contributed by atoms with E-state index in [0.717, 1.165) is 37.0 Å². The molecule has 1 aliphatic heterocycles. The number of rotatable bonds is 5. The Hall–Kier alpha value is -2.34. The minimum atomic E-state index is -1.02. The number of nitrogens with zero attached hydrogens (tertiary/aromatic N) is 1. The molecule has 2 heterocycles. The van der Waals surface area contributed by atoms with Crippen LogP contribution in [0.15, 0.2) is 24.3 Å². The molecule has 2 fully saturated rings. The molecular formula is C20H23NO5. The van der Waals surface area contributed by atoms with E-state index in [2.05, 4.69) is 12.1 Å². The third kappa shape index (κ3) is 2.69. The molecule has 1 aliphatic carbocycles. The fraction of sp³-hybridized carbons (Fsp3) is 0.500. The van der Waals surface area contributed by atoms with E-state index >= 15 is 0 Å². The molecule has 0 atom stereocenters. The number of benzene rings is 1. The normalized spacial score (nSPS) is 19.4. The first kappa shape index (κ1) is 17.1. The zero-order valence-electron chi connectivity index (χ0n) is 14.9. The molecule has 1 saturated carbocycles. The molecule has 4 rings (SSSR count). The van der Waals surface area contributed by atoms with Crippen molar-refractivity contribution < 1.29 is 24.2 Å². The van der Waals surface area contributed by atoms with Crippen LogP contribution >= 0.6 is 0 Å². The van der Waals surface area contributed by atoms with Crippen LogP contribution in [0.2, 0.25) is 0 Å². The van der Waals surface area contributed by atoms with Gasteiger partial charge in [-0.05, 0) is 62.3 Å². The van der Waals surface area contributed by atoms with Crippen LogP contribution in [0.4, 0.5) is 0 Å². The van der Waals surface area contributed by atoms with Crippen molar-refractivity contribution in [1.82, 2.24) is 4.57 Å². The summed E-state index contributed by atoms with van der Waals surface area (Å²) in [5.41, 5.74) is 1.30. The number of fused-ring (bicyclic) bond motifs is 1. The van der Waals surface area contributed by atoms with E-state index < -0.39 is 17.5 Å². The summed E-state index contributed by atoms with van der Waals surface area (Å²) < 4.78 is 12.3. The Morgan fingerprint density at radius 1 is 1.27 bits per heavy atom. The summed E-state index contributed by atoms with van der Waals surface area (Å²) in [5, 5.41) is 10.6. The Bertz CT molecular complexity index is 858. The molecule has 0 unspecified atom stereocenters. The lowest BCUT2D eigenvalue weighted by molar-refractivity contribution is -0.142. The number of aliphatic carboxylic acids is 1. The zero-order chi connectivity index (χ0) is 18.3. The highest BCUT2D eigenvalue weighted by molar-refractivity contribution is 5.98. The quantitative estimate of drug-likeness (QED) is 0.831. The third-order valence-corrected chi connectivity index (χ3v) is 5.55. The van der Waals surface area contributed by atoms with Crippen LogP contribution in [-0.2, 0) is 19.8 Å². The molecule has 1 N–H and O–H groups in total. The van der Waals surface area contributed by atoms with Gasteiger partial charge in [-0.1, -0.05) is 6.07 Å². The number of hydrogen-bond donors (Lipinski definition) is 1. The fourth-order valence-corrected chi connectivity index (χ4v) is 3.99. The number of carboxylic acid groups (broad SMARTS) is 1. The van der Waals surface area contributed by atoms with E-state index in [-0.39, 0.29) is 6.61 Å². The van der Waals surface area contributed by atoms with Gasteiger partial charge in [-0.25, -0.2) is 9.59 Å². The van der Waals surface area contributed by atoms with Gasteiger partial charge in [0.15, 0.2) is 0 Å². The van der Waals surface area contributed by atoms with Crippen molar-refractivity contribution in [3.63, 3.8) is 0 Å². The van der Waals surface area contributed by atoms with Crippen molar-refractivity contribution in [2.24, 2.45) is 0 Å². The number of hydrogen-bond acceptors (Lipinski definition) is 4. The average molecular weight is 357 g/mol. The molecule has 0 spiro atoms. The van der Waals surface area contributed by atoms with Crippen LogP contribution in [-0.4, -0.2) is 41.4 Å². The van der Waals surface area contributed by atoms with E-state index in [1.54, 1.807) is 17.6 Å². The highest BCUT2D eigenvalue weighted by Gasteiger charge is 2.54. The van der Waals surface area contributed by atoms with Crippen molar-refractivity contribution in [2.45, 2.75) is 44.1 Å². The van der Waals surface area contributed by atoms with Gasteiger partial charge < -0.3 is 19.1 Å². The lowest BCUT2D eigenvalue weighted by atomic mass is 9.91. The van der Waals surface area contributed by atoms with Gasteiger partial charge in [-0.2, -0.15) is 0 Å². The Labute approximate surface area is 151 Å². The largest absolute Gasteiger partial charge is 0.479 e. The highest BCUT2D eigenvalue weighted by atomic mass is 16.5. The summed E-state index contributed by atoms with van der Waals surface area (Å²) in [6, 6.07) is 7.87. The maximum atomic E-state index is 12.5. The van der Waals surface area contributed by atoms with Gasteiger partial charge in [-0.3, -0.25) is 0 Å². The maximum Gasteiger partial charge on any atom is 0.355 e. The van der Waals surface area contributed by atoms with E-state index in [1.165, 1.54) is 5.56 Å². The molecule has 138 valence electrons. The summed E-state index contributed by atoms with van der Waals surface area (Å²) in [5.74, 6) is -0.921. The minimum absolute atomic E-state index is 0.258. The number of ether oxygens (including phenoxy) is 2.